The summed E-state index contributed by atoms with van der Waals surface area (Å²) < 4.78 is 0.851. The van der Waals surface area contributed by atoms with Gasteiger partial charge in [0.15, 0.2) is 0 Å². The van der Waals surface area contributed by atoms with E-state index in [9.17, 15) is 9.59 Å². The molecule has 3 rings (SSSR count). The molecule has 5 heteroatoms. The van der Waals surface area contributed by atoms with Gasteiger partial charge >= 0.3 is 0 Å². The normalized spacial score (nSPS) is 12.9. The van der Waals surface area contributed by atoms with E-state index < -0.39 is 0 Å². The highest BCUT2D eigenvalue weighted by Crippen LogP contribution is 2.35. The highest BCUT2D eigenvalue weighted by molar-refractivity contribution is 9.10. The first-order valence-corrected chi connectivity index (χ1v) is 7.82. The van der Waals surface area contributed by atoms with Crippen LogP contribution in [0.3, 0.4) is 0 Å². The monoisotopic (exact) mass is 358 g/mol. The largest absolute Gasteiger partial charge is 0.320 e. The van der Waals surface area contributed by atoms with E-state index in [-0.39, 0.29) is 11.8 Å². The van der Waals surface area contributed by atoms with Crippen molar-refractivity contribution < 1.29 is 9.59 Å². The molecule has 4 nitrogen and oxygen atoms in total. The summed E-state index contributed by atoms with van der Waals surface area (Å²) in [5.74, 6) is -0.201. The molecule has 0 spiro atoms. The van der Waals surface area contributed by atoms with Gasteiger partial charge in [0.25, 0.3) is 5.91 Å². The summed E-state index contributed by atoms with van der Waals surface area (Å²) in [6, 6.07) is 12.9. The molecule has 0 radical (unpaired) electrons. The highest BCUT2D eigenvalue weighted by atomic mass is 79.9. The fourth-order valence-electron chi connectivity index (χ4n) is 2.70. The standard InChI is InChI=1S/C17H15BrN2O2/c1-11(21)20-9-8-12-4-3-7-15(16(12)20)19-17(22)13-5-2-6-14(18)10-13/h2-7,10H,8-9H2,1H3,(H,19,22). The molecule has 0 saturated heterocycles. The molecule has 0 unspecified atom stereocenters. The summed E-state index contributed by atoms with van der Waals surface area (Å²) in [7, 11) is 0. The summed E-state index contributed by atoms with van der Waals surface area (Å²) in [6.45, 7) is 2.20. The van der Waals surface area contributed by atoms with Crippen molar-refractivity contribution in [2.75, 3.05) is 16.8 Å². The molecule has 1 heterocycles. The average Bonchev–Trinajstić information content (AvgIpc) is 2.92. The van der Waals surface area contributed by atoms with E-state index in [1.165, 1.54) is 0 Å². The average molecular weight is 359 g/mol. The Kier molecular flexibility index (Phi) is 3.98. The third-order valence-corrected chi connectivity index (χ3v) is 4.20. The van der Waals surface area contributed by atoms with Crippen LogP contribution in [0.4, 0.5) is 11.4 Å². The van der Waals surface area contributed by atoms with Gasteiger partial charge in [0.1, 0.15) is 0 Å². The lowest BCUT2D eigenvalue weighted by Gasteiger charge is -2.19. The number of rotatable bonds is 2. The number of fused-ring (bicyclic) bond motifs is 1. The number of hydrogen-bond acceptors (Lipinski definition) is 2. The number of amides is 2. The molecule has 0 fully saturated rings. The first-order valence-electron chi connectivity index (χ1n) is 7.03. The molecule has 0 atom stereocenters. The van der Waals surface area contributed by atoms with Crippen LogP contribution in [-0.2, 0) is 11.2 Å². The zero-order valence-electron chi connectivity index (χ0n) is 12.1. The smallest absolute Gasteiger partial charge is 0.255 e. The lowest BCUT2D eigenvalue weighted by molar-refractivity contribution is -0.116. The number of para-hydroxylation sites is 1. The molecule has 1 N–H and O–H groups in total. The molecule has 2 aromatic carbocycles. The van der Waals surface area contributed by atoms with Gasteiger partial charge in [0.2, 0.25) is 5.91 Å². The van der Waals surface area contributed by atoms with Crippen molar-refractivity contribution >= 4 is 39.1 Å². The molecule has 2 aromatic rings. The predicted octanol–water partition coefficient (Wildman–Crippen LogP) is 3.61. The summed E-state index contributed by atoms with van der Waals surface area (Å²) in [6.07, 6.45) is 0.815. The Morgan fingerprint density at radius 2 is 1.95 bits per heavy atom. The van der Waals surface area contributed by atoms with Crippen molar-refractivity contribution in [3.63, 3.8) is 0 Å². The van der Waals surface area contributed by atoms with Gasteiger partial charge in [-0.25, -0.2) is 0 Å². The van der Waals surface area contributed by atoms with Gasteiger partial charge in [-0.1, -0.05) is 34.1 Å². The molecule has 112 valence electrons. The van der Waals surface area contributed by atoms with Gasteiger partial charge < -0.3 is 10.2 Å². The van der Waals surface area contributed by atoms with Crippen LogP contribution < -0.4 is 10.2 Å². The zero-order valence-corrected chi connectivity index (χ0v) is 13.7. The van der Waals surface area contributed by atoms with E-state index in [0.717, 1.165) is 22.1 Å². The van der Waals surface area contributed by atoms with E-state index in [4.69, 9.17) is 0 Å². The Morgan fingerprint density at radius 1 is 1.18 bits per heavy atom. The lowest BCUT2D eigenvalue weighted by Crippen LogP contribution is -2.27. The van der Waals surface area contributed by atoms with E-state index >= 15 is 0 Å². The second-order valence-corrected chi connectivity index (χ2v) is 6.11. The van der Waals surface area contributed by atoms with Crippen LogP contribution in [0, 0.1) is 0 Å². The van der Waals surface area contributed by atoms with Gasteiger partial charge in [0, 0.05) is 23.5 Å². The topological polar surface area (TPSA) is 49.4 Å². The molecule has 1 aliphatic rings. The molecule has 0 aliphatic carbocycles. The number of carbonyl (C=O) groups excluding carboxylic acids is 2. The molecule has 0 saturated carbocycles. The molecule has 0 bridgehead atoms. The number of nitrogens with zero attached hydrogens (tertiary/aromatic N) is 1. The van der Waals surface area contributed by atoms with Gasteiger partial charge in [-0.2, -0.15) is 0 Å². The van der Waals surface area contributed by atoms with Crippen molar-refractivity contribution in [1.82, 2.24) is 0 Å². The first-order chi connectivity index (χ1) is 10.6. The van der Waals surface area contributed by atoms with Crippen LogP contribution in [0.5, 0.6) is 0 Å². The highest BCUT2D eigenvalue weighted by Gasteiger charge is 2.25. The molecular formula is C17H15BrN2O2. The zero-order chi connectivity index (χ0) is 15.7. The van der Waals surface area contributed by atoms with E-state index in [2.05, 4.69) is 21.2 Å². The molecule has 2 amide bonds. The first kappa shape index (κ1) is 14.8. The molecular weight excluding hydrogens is 344 g/mol. The van der Waals surface area contributed by atoms with Crippen LogP contribution in [-0.4, -0.2) is 18.4 Å². The maximum atomic E-state index is 12.4. The number of benzene rings is 2. The van der Waals surface area contributed by atoms with Gasteiger partial charge in [-0.05, 0) is 36.2 Å². The number of halogens is 1. The van der Waals surface area contributed by atoms with Crippen molar-refractivity contribution in [3.8, 4) is 0 Å². The Balaban J connectivity index is 1.92. The molecule has 1 aliphatic heterocycles. The second-order valence-electron chi connectivity index (χ2n) is 5.20. The molecule has 22 heavy (non-hydrogen) atoms. The maximum Gasteiger partial charge on any atom is 0.255 e. The molecule has 0 aromatic heterocycles. The summed E-state index contributed by atoms with van der Waals surface area (Å²) in [4.78, 5) is 25.9. The third-order valence-electron chi connectivity index (χ3n) is 3.71. The van der Waals surface area contributed by atoms with Crippen LogP contribution in [0.1, 0.15) is 22.8 Å². The van der Waals surface area contributed by atoms with E-state index in [0.29, 0.717) is 17.8 Å². The quantitative estimate of drug-likeness (QED) is 0.891. The van der Waals surface area contributed by atoms with E-state index in [1.807, 2.05) is 30.3 Å². The summed E-state index contributed by atoms with van der Waals surface area (Å²) in [5.41, 5.74) is 3.15. The van der Waals surface area contributed by atoms with Crippen molar-refractivity contribution in [1.29, 1.82) is 0 Å². The van der Waals surface area contributed by atoms with Crippen molar-refractivity contribution in [2.45, 2.75) is 13.3 Å². The minimum absolute atomic E-state index is 0.0112. The maximum absolute atomic E-state index is 12.4. The number of hydrogen-bond donors (Lipinski definition) is 1. The fourth-order valence-corrected chi connectivity index (χ4v) is 3.10. The Labute approximate surface area is 137 Å². The SMILES string of the molecule is CC(=O)N1CCc2cccc(NC(=O)c3cccc(Br)c3)c21. The summed E-state index contributed by atoms with van der Waals surface area (Å²) in [5, 5.41) is 2.92. The fraction of sp³-hybridized carbons (Fsp3) is 0.176. The third kappa shape index (κ3) is 2.76. The number of nitrogens with one attached hydrogen (secondary N) is 1. The van der Waals surface area contributed by atoms with Crippen LogP contribution >= 0.6 is 15.9 Å². The Morgan fingerprint density at radius 3 is 2.68 bits per heavy atom. The van der Waals surface area contributed by atoms with Crippen LogP contribution in [0.25, 0.3) is 0 Å². The Hall–Kier alpha value is -2.14. The van der Waals surface area contributed by atoms with Gasteiger partial charge in [-0.15, -0.1) is 0 Å². The van der Waals surface area contributed by atoms with Gasteiger partial charge in [0.05, 0.1) is 11.4 Å². The van der Waals surface area contributed by atoms with Crippen molar-refractivity contribution in [3.05, 3.63) is 58.1 Å². The van der Waals surface area contributed by atoms with Crippen molar-refractivity contribution in [2.24, 2.45) is 0 Å². The predicted molar refractivity (Wildman–Crippen MR) is 90.3 cm³/mol. The Bertz CT molecular complexity index is 758. The number of anilines is 2. The number of carbonyl (C=O) groups is 2. The summed E-state index contributed by atoms with van der Waals surface area (Å²) >= 11 is 3.36. The van der Waals surface area contributed by atoms with Gasteiger partial charge in [-0.3, -0.25) is 9.59 Å². The van der Waals surface area contributed by atoms with E-state index in [1.54, 1.807) is 24.0 Å². The minimum Gasteiger partial charge on any atom is -0.320 e. The minimum atomic E-state index is -0.190. The second kappa shape index (κ2) is 5.93. The van der Waals surface area contributed by atoms with Crippen LogP contribution in [0.15, 0.2) is 46.9 Å². The lowest BCUT2D eigenvalue weighted by atomic mass is 10.1. The van der Waals surface area contributed by atoms with Crippen LogP contribution in [0.2, 0.25) is 0 Å².